The Kier molecular flexibility index (Phi) is 8.72. The second kappa shape index (κ2) is 12.6. The van der Waals surface area contributed by atoms with E-state index in [-0.39, 0.29) is 12.0 Å². The van der Waals surface area contributed by atoms with Crippen LogP contribution in [0.1, 0.15) is 57.4 Å². The van der Waals surface area contributed by atoms with Crippen LogP contribution in [0.3, 0.4) is 0 Å². The van der Waals surface area contributed by atoms with Crippen molar-refractivity contribution >= 4 is 39.9 Å². The monoisotopic (exact) mass is 545 g/mol. The Hall–Kier alpha value is -4.12. The van der Waals surface area contributed by atoms with Gasteiger partial charge in [0.1, 0.15) is 5.82 Å². The van der Waals surface area contributed by atoms with Crippen LogP contribution in [-0.4, -0.2) is 36.9 Å². The molecule has 0 spiro atoms. The number of anilines is 3. The molecule has 5 rings (SSSR count). The number of aromatic nitrogens is 1. The summed E-state index contributed by atoms with van der Waals surface area (Å²) in [5.41, 5.74) is 8.20. The first-order valence-electron chi connectivity index (χ1n) is 15.1. The van der Waals surface area contributed by atoms with Gasteiger partial charge in [0, 0.05) is 48.9 Å². The van der Waals surface area contributed by atoms with Crippen LogP contribution in [0, 0.1) is 12.8 Å². The number of allylic oxidation sites excluding steroid dienone is 1. The van der Waals surface area contributed by atoms with Gasteiger partial charge in [0.15, 0.2) is 0 Å². The zero-order valence-corrected chi connectivity index (χ0v) is 25.4. The zero-order valence-electron chi connectivity index (χ0n) is 25.4. The maximum absolute atomic E-state index is 5.20. The fourth-order valence-corrected chi connectivity index (χ4v) is 5.95. The maximum atomic E-state index is 5.20. The molecule has 0 saturated heterocycles. The van der Waals surface area contributed by atoms with Gasteiger partial charge < -0.3 is 9.80 Å². The summed E-state index contributed by atoms with van der Waals surface area (Å²) < 4.78 is 0. The fraction of sp³-hybridized carbons (Fsp3) is 0.333. The van der Waals surface area contributed by atoms with Crippen molar-refractivity contribution in [2.45, 2.75) is 47.6 Å². The van der Waals surface area contributed by atoms with Gasteiger partial charge in [-0.25, -0.2) is 9.99 Å². The van der Waals surface area contributed by atoms with Crippen molar-refractivity contribution in [3.63, 3.8) is 0 Å². The largest absolute Gasteiger partial charge is 0.372 e. The lowest BCUT2D eigenvalue weighted by Crippen LogP contribution is -2.25. The van der Waals surface area contributed by atoms with E-state index in [1.54, 1.807) is 0 Å². The van der Waals surface area contributed by atoms with Crippen LogP contribution in [0.15, 0.2) is 90.0 Å². The summed E-state index contributed by atoms with van der Waals surface area (Å²) in [6, 6.07) is 28.4. The van der Waals surface area contributed by atoms with Crippen LogP contribution in [0.5, 0.6) is 0 Å². The zero-order chi connectivity index (χ0) is 28.9. The Morgan fingerprint density at radius 1 is 0.756 bits per heavy atom. The highest BCUT2D eigenvalue weighted by Gasteiger charge is 2.36. The minimum absolute atomic E-state index is 0.0542. The molecule has 0 radical (unpaired) electrons. The number of hydrogen-bond donors (Lipinski definition) is 0. The van der Waals surface area contributed by atoms with Gasteiger partial charge in [-0.05, 0) is 93.8 Å². The molecule has 0 N–H and O–H groups in total. The maximum Gasteiger partial charge on any atom is 0.150 e. The molecular formula is C36H43N5. The van der Waals surface area contributed by atoms with Crippen LogP contribution in [0.2, 0.25) is 0 Å². The van der Waals surface area contributed by atoms with Gasteiger partial charge in [-0.2, -0.15) is 5.10 Å². The number of hydrogen-bond acceptors (Lipinski definition) is 5. The molecule has 1 aliphatic heterocycles. The van der Waals surface area contributed by atoms with Crippen molar-refractivity contribution in [3.8, 4) is 0 Å². The van der Waals surface area contributed by atoms with E-state index in [0.29, 0.717) is 0 Å². The third-order valence-electron chi connectivity index (χ3n) is 8.40. The number of rotatable bonds is 10. The average molecular weight is 546 g/mol. The lowest BCUT2D eigenvalue weighted by Gasteiger charge is -2.27. The van der Waals surface area contributed by atoms with Crippen molar-refractivity contribution in [1.82, 2.24) is 4.98 Å². The molecule has 0 bridgehead atoms. The predicted molar refractivity (Wildman–Crippen MR) is 177 cm³/mol. The van der Waals surface area contributed by atoms with E-state index in [2.05, 4.69) is 147 Å². The fourth-order valence-electron chi connectivity index (χ4n) is 5.95. The number of nitrogens with zero attached hydrogens (tertiary/aromatic N) is 5. The van der Waals surface area contributed by atoms with Crippen molar-refractivity contribution in [2.24, 2.45) is 11.0 Å². The molecule has 41 heavy (non-hydrogen) atoms. The van der Waals surface area contributed by atoms with E-state index in [4.69, 9.17) is 10.1 Å². The highest BCUT2D eigenvalue weighted by molar-refractivity contribution is 6.02. The van der Waals surface area contributed by atoms with Crippen LogP contribution in [0.25, 0.3) is 17.0 Å². The first-order valence-corrected chi connectivity index (χ1v) is 15.1. The molecule has 5 nitrogen and oxygen atoms in total. The number of benzene rings is 3. The van der Waals surface area contributed by atoms with E-state index < -0.39 is 0 Å². The molecule has 2 unspecified atom stereocenters. The van der Waals surface area contributed by atoms with Crippen molar-refractivity contribution in [3.05, 3.63) is 102 Å². The molecule has 0 amide bonds. The summed E-state index contributed by atoms with van der Waals surface area (Å²) >= 11 is 0. The molecule has 3 aromatic carbocycles. The summed E-state index contributed by atoms with van der Waals surface area (Å²) in [4.78, 5) is 9.82. The smallest absolute Gasteiger partial charge is 0.150 e. The van der Waals surface area contributed by atoms with Gasteiger partial charge in [0.2, 0.25) is 0 Å². The first kappa shape index (κ1) is 28.4. The quantitative estimate of drug-likeness (QED) is 0.200. The summed E-state index contributed by atoms with van der Waals surface area (Å²) in [7, 11) is 0. The third-order valence-corrected chi connectivity index (χ3v) is 8.40. The first-order chi connectivity index (χ1) is 20.0. The van der Waals surface area contributed by atoms with E-state index in [9.17, 15) is 0 Å². The summed E-state index contributed by atoms with van der Waals surface area (Å²) in [5.74, 6) is 1.08. The molecule has 0 aliphatic carbocycles. The second-order valence-corrected chi connectivity index (χ2v) is 10.8. The van der Waals surface area contributed by atoms with Gasteiger partial charge in [-0.1, -0.05) is 55.5 Å². The van der Waals surface area contributed by atoms with Gasteiger partial charge in [-0.15, -0.1) is 0 Å². The molecule has 0 saturated carbocycles. The van der Waals surface area contributed by atoms with Crippen molar-refractivity contribution in [2.75, 3.05) is 41.0 Å². The number of hydrazone groups is 1. The van der Waals surface area contributed by atoms with Gasteiger partial charge in [-0.3, -0.25) is 0 Å². The Morgan fingerprint density at radius 3 is 1.95 bits per heavy atom. The summed E-state index contributed by atoms with van der Waals surface area (Å²) in [5, 5.41) is 8.52. The van der Waals surface area contributed by atoms with Crippen molar-refractivity contribution in [1.29, 1.82) is 0 Å². The average Bonchev–Trinajstić information content (AvgIpc) is 3.34. The third kappa shape index (κ3) is 5.85. The second-order valence-electron chi connectivity index (χ2n) is 10.8. The number of fused-ring (bicyclic) bond motifs is 1. The summed E-state index contributed by atoms with van der Waals surface area (Å²) in [6.07, 6.45) is 4.37. The van der Waals surface area contributed by atoms with Gasteiger partial charge in [0.25, 0.3) is 0 Å². The lowest BCUT2D eigenvalue weighted by atomic mass is 9.91. The molecule has 0 fully saturated rings. The predicted octanol–water partition coefficient (Wildman–Crippen LogP) is 8.50. The Morgan fingerprint density at radius 2 is 1.34 bits per heavy atom. The molecule has 1 aliphatic rings. The van der Waals surface area contributed by atoms with Gasteiger partial charge in [0.05, 0.1) is 17.3 Å². The molecule has 2 atom stereocenters. The van der Waals surface area contributed by atoms with Crippen LogP contribution >= 0.6 is 0 Å². The molecular weight excluding hydrogens is 502 g/mol. The minimum Gasteiger partial charge on any atom is -0.372 e. The molecule has 4 aromatic rings. The summed E-state index contributed by atoms with van der Waals surface area (Å²) in [6.45, 7) is 17.3. The Labute approximate surface area is 245 Å². The number of para-hydroxylation sites is 1. The SMILES string of the molecule is CCN(CC)c1ccc(C=CC2=NN(c3cc(C)c4ccccc4n3)C(c3ccc(N(CC)CC)cc3)C2C)cc1. The molecule has 2 heterocycles. The minimum atomic E-state index is 0.0542. The van der Waals surface area contributed by atoms with E-state index in [0.717, 1.165) is 43.2 Å². The standard InChI is InChI=1S/C36H43N5/c1-7-39(8-2)30-20-15-28(16-21-30)17-24-33-27(6)36(29-18-22-31(23-19-29)40(9-3)10-4)41(38-33)35-25-26(5)32-13-11-12-14-34(32)37-35/h11-25,27,36H,7-10H2,1-6H3. The number of pyridine rings is 1. The molecule has 1 aromatic heterocycles. The highest BCUT2D eigenvalue weighted by atomic mass is 15.5. The van der Waals surface area contributed by atoms with E-state index in [1.165, 1.54) is 33.5 Å². The topological polar surface area (TPSA) is 35.0 Å². The lowest BCUT2D eigenvalue weighted by molar-refractivity contribution is 0.585. The van der Waals surface area contributed by atoms with Crippen LogP contribution in [0.4, 0.5) is 17.2 Å². The van der Waals surface area contributed by atoms with Crippen LogP contribution < -0.4 is 14.8 Å². The number of aryl methyl sites for hydroxylation is 1. The highest BCUT2D eigenvalue weighted by Crippen LogP contribution is 2.40. The van der Waals surface area contributed by atoms with E-state index >= 15 is 0 Å². The molecule has 212 valence electrons. The van der Waals surface area contributed by atoms with E-state index in [1.807, 2.05) is 0 Å². The van der Waals surface area contributed by atoms with Crippen LogP contribution in [-0.2, 0) is 0 Å². The normalized spacial score (nSPS) is 16.9. The van der Waals surface area contributed by atoms with Crippen molar-refractivity contribution < 1.29 is 0 Å². The Bertz CT molecular complexity index is 1510. The Balaban J connectivity index is 1.50. The molecule has 5 heteroatoms. The van der Waals surface area contributed by atoms with Gasteiger partial charge >= 0.3 is 0 Å².